The maximum Gasteiger partial charge on any atom is 0.261 e. The Hall–Kier alpha value is -2.87. The van der Waals surface area contributed by atoms with Gasteiger partial charge in [0.2, 0.25) is 5.91 Å². The van der Waals surface area contributed by atoms with Crippen molar-refractivity contribution in [1.29, 1.82) is 0 Å². The minimum atomic E-state index is -3.83. The number of benzene rings is 2. The molecule has 1 amide bonds. The van der Waals surface area contributed by atoms with Gasteiger partial charge in [-0.25, -0.2) is 8.42 Å². The maximum atomic E-state index is 12.6. The molecule has 8 heteroatoms. The van der Waals surface area contributed by atoms with Crippen LogP contribution in [-0.2, 0) is 14.8 Å². The first-order valence-electron chi connectivity index (χ1n) is 7.97. The summed E-state index contributed by atoms with van der Waals surface area (Å²) in [5.74, 6) is 0.246. The fourth-order valence-corrected chi connectivity index (χ4v) is 3.74. The minimum Gasteiger partial charge on any atom is -0.490 e. The summed E-state index contributed by atoms with van der Waals surface area (Å²) < 4.78 is 33.1. The molecule has 7 nitrogen and oxygen atoms in total. The fraction of sp³-hybridized carbons (Fsp3) is 0.222. The Labute approximate surface area is 151 Å². The van der Waals surface area contributed by atoms with Crippen molar-refractivity contribution in [2.24, 2.45) is 0 Å². The minimum absolute atomic E-state index is 0.0416. The van der Waals surface area contributed by atoms with Crippen molar-refractivity contribution in [2.45, 2.75) is 18.7 Å². The van der Waals surface area contributed by atoms with Gasteiger partial charge in [-0.15, -0.1) is 0 Å². The van der Waals surface area contributed by atoms with Crippen LogP contribution in [0.4, 0.5) is 11.4 Å². The number of ketones is 1. The molecule has 0 spiro atoms. The SMILES string of the molecule is CC(=O)c1ccc(S(=O)(=O)Nc2ccc3c(c2)N(C(C)=O)CCO3)cc1. The zero-order valence-corrected chi connectivity index (χ0v) is 15.2. The number of carbonyl (C=O) groups excluding carboxylic acids is 2. The summed E-state index contributed by atoms with van der Waals surface area (Å²) >= 11 is 0. The van der Waals surface area contributed by atoms with Crippen LogP contribution in [0.15, 0.2) is 47.4 Å². The van der Waals surface area contributed by atoms with Gasteiger partial charge < -0.3 is 9.64 Å². The maximum absolute atomic E-state index is 12.6. The lowest BCUT2D eigenvalue weighted by Gasteiger charge is -2.29. The van der Waals surface area contributed by atoms with E-state index < -0.39 is 10.0 Å². The number of anilines is 2. The number of ether oxygens (including phenoxy) is 1. The van der Waals surface area contributed by atoms with Crippen LogP contribution in [0.2, 0.25) is 0 Å². The Morgan fingerprint density at radius 2 is 1.77 bits per heavy atom. The molecule has 0 radical (unpaired) electrons. The van der Waals surface area contributed by atoms with Crippen LogP contribution >= 0.6 is 0 Å². The molecule has 0 aromatic heterocycles. The fourth-order valence-electron chi connectivity index (χ4n) is 2.69. The first kappa shape index (κ1) is 17.9. The number of sulfonamides is 1. The molecular formula is C18H18N2O5S. The third kappa shape index (κ3) is 3.55. The van der Waals surface area contributed by atoms with Crippen LogP contribution in [0.5, 0.6) is 5.75 Å². The van der Waals surface area contributed by atoms with E-state index in [0.717, 1.165) is 0 Å². The molecule has 1 N–H and O–H groups in total. The van der Waals surface area contributed by atoms with Gasteiger partial charge in [0.05, 0.1) is 22.8 Å². The van der Waals surface area contributed by atoms with Crippen LogP contribution in [0.1, 0.15) is 24.2 Å². The van der Waals surface area contributed by atoms with E-state index in [-0.39, 0.29) is 16.6 Å². The van der Waals surface area contributed by atoms with E-state index >= 15 is 0 Å². The van der Waals surface area contributed by atoms with Crippen LogP contribution in [0, 0.1) is 0 Å². The molecule has 0 bridgehead atoms. The van der Waals surface area contributed by atoms with Crippen molar-refractivity contribution >= 4 is 33.1 Å². The molecule has 1 aliphatic heterocycles. The van der Waals surface area contributed by atoms with Crippen LogP contribution < -0.4 is 14.4 Å². The van der Waals surface area contributed by atoms with Crippen molar-refractivity contribution in [3.63, 3.8) is 0 Å². The summed E-state index contributed by atoms with van der Waals surface area (Å²) in [7, 11) is -3.83. The lowest BCUT2D eigenvalue weighted by Crippen LogP contribution is -2.36. The number of rotatable bonds is 4. The van der Waals surface area contributed by atoms with Crippen LogP contribution in [0.3, 0.4) is 0 Å². The quantitative estimate of drug-likeness (QED) is 0.830. The topological polar surface area (TPSA) is 92.8 Å². The lowest BCUT2D eigenvalue weighted by molar-refractivity contribution is -0.116. The van der Waals surface area contributed by atoms with E-state index in [1.807, 2.05) is 0 Å². The van der Waals surface area contributed by atoms with Gasteiger partial charge in [0.15, 0.2) is 5.78 Å². The molecule has 136 valence electrons. The van der Waals surface area contributed by atoms with Crippen LogP contribution in [0.25, 0.3) is 0 Å². The average molecular weight is 374 g/mol. The Kier molecular flexibility index (Phi) is 4.69. The predicted molar refractivity (Wildman–Crippen MR) is 97.2 cm³/mol. The van der Waals surface area contributed by atoms with E-state index in [2.05, 4.69) is 4.72 Å². The number of hydrogen-bond acceptors (Lipinski definition) is 5. The highest BCUT2D eigenvalue weighted by Gasteiger charge is 2.23. The standard InChI is InChI=1S/C18H18N2O5S/c1-12(21)14-3-6-16(7-4-14)26(23,24)19-15-5-8-18-17(11-15)20(13(2)22)9-10-25-18/h3-8,11,19H,9-10H2,1-2H3. The van der Waals surface area contributed by atoms with E-state index in [1.54, 1.807) is 18.2 Å². The molecule has 1 aliphatic rings. The first-order chi connectivity index (χ1) is 12.3. The molecule has 0 saturated heterocycles. The molecule has 0 saturated carbocycles. The second kappa shape index (κ2) is 6.80. The monoisotopic (exact) mass is 374 g/mol. The van der Waals surface area contributed by atoms with Gasteiger partial charge in [0.25, 0.3) is 10.0 Å². The average Bonchev–Trinajstić information content (AvgIpc) is 2.60. The molecule has 2 aromatic rings. The van der Waals surface area contributed by atoms with E-state index in [1.165, 1.54) is 43.0 Å². The van der Waals surface area contributed by atoms with E-state index in [4.69, 9.17) is 4.74 Å². The molecule has 0 aliphatic carbocycles. The Balaban J connectivity index is 1.89. The summed E-state index contributed by atoms with van der Waals surface area (Å²) in [4.78, 5) is 24.7. The summed E-state index contributed by atoms with van der Waals surface area (Å²) in [6.07, 6.45) is 0. The summed E-state index contributed by atoms with van der Waals surface area (Å²) in [5.41, 5.74) is 1.28. The van der Waals surface area contributed by atoms with Crippen molar-refractivity contribution in [1.82, 2.24) is 0 Å². The zero-order valence-electron chi connectivity index (χ0n) is 14.4. The first-order valence-corrected chi connectivity index (χ1v) is 9.45. The van der Waals surface area contributed by atoms with Crippen molar-refractivity contribution < 1.29 is 22.7 Å². The zero-order chi connectivity index (χ0) is 18.9. The Bertz CT molecular complexity index is 968. The number of amides is 1. The molecular weight excluding hydrogens is 356 g/mol. The van der Waals surface area contributed by atoms with Gasteiger partial charge in [-0.2, -0.15) is 0 Å². The third-order valence-electron chi connectivity index (χ3n) is 4.03. The molecule has 1 heterocycles. The van der Waals surface area contributed by atoms with Gasteiger partial charge in [-0.1, -0.05) is 12.1 Å². The van der Waals surface area contributed by atoms with Crippen molar-refractivity contribution in [2.75, 3.05) is 22.8 Å². The Morgan fingerprint density at radius 3 is 2.38 bits per heavy atom. The van der Waals surface area contributed by atoms with Crippen molar-refractivity contribution in [3.05, 3.63) is 48.0 Å². The molecule has 0 atom stereocenters. The van der Waals surface area contributed by atoms with E-state index in [0.29, 0.717) is 35.8 Å². The Morgan fingerprint density at radius 1 is 1.08 bits per heavy atom. The highest BCUT2D eigenvalue weighted by Crippen LogP contribution is 2.34. The van der Waals surface area contributed by atoms with Gasteiger partial charge in [0.1, 0.15) is 12.4 Å². The summed E-state index contributed by atoms with van der Waals surface area (Å²) in [5, 5.41) is 0. The van der Waals surface area contributed by atoms with Gasteiger partial charge in [0, 0.05) is 12.5 Å². The van der Waals surface area contributed by atoms with Gasteiger partial charge in [-0.05, 0) is 37.3 Å². The molecule has 0 fully saturated rings. The predicted octanol–water partition coefficient (Wildman–Crippen LogP) is 2.44. The van der Waals surface area contributed by atoms with Crippen molar-refractivity contribution in [3.8, 4) is 5.75 Å². The van der Waals surface area contributed by atoms with Gasteiger partial charge >= 0.3 is 0 Å². The molecule has 0 unspecified atom stereocenters. The molecule has 3 rings (SSSR count). The largest absolute Gasteiger partial charge is 0.490 e. The van der Waals surface area contributed by atoms with Crippen LogP contribution in [-0.4, -0.2) is 33.3 Å². The highest BCUT2D eigenvalue weighted by molar-refractivity contribution is 7.92. The third-order valence-corrected chi connectivity index (χ3v) is 5.42. The lowest BCUT2D eigenvalue weighted by atomic mass is 10.2. The second-order valence-electron chi connectivity index (χ2n) is 5.89. The normalized spacial score (nSPS) is 13.5. The second-order valence-corrected chi connectivity index (χ2v) is 7.57. The highest BCUT2D eigenvalue weighted by atomic mass is 32.2. The smallest absolute Gasteiger partial charge is 0.261 e. The molecule has 26 heavy (non-hydrogen) atoms. The van der Waals surface area contributed by atoms with Gasteiger partial charge in [-0.3, -0.25) is 14.3 Å². The number of carbonyl (C=O) groups is 2. The number of Topliss-reactive ketones (excluding diaryl/α,β-unsaturated/α-hetero) is 1. The number of hydrogen-bond donors (Lipinski definition) is 1. The van der Waals surface area contributed by atoms with E-state index in [9.17, 15) is 18.0 Å². The molecule has 2 aromatic carbocycles. The number of nitrogens with zero attached hydrogens (tertiary/aromatic N) is 1. The number of nitrogens with one attached hydrogen (secondary N) is 1. The number of fused-ring (bicyclic) bond motifs is 1. The summed E-state index contributed by atoms with van der Waals surface area (Å²) in [6.45, 7) is 3.66. The summed E-state index contributed by atoms with van der Waals surface area (Å²) in [6, 6.07) is 10.5.